The highest BCUT2D eigenvalue weighted by Gasteiger charge is 1.98. The minimum Gasteiger partial charge on any atom is -0.115 e. The summed E-state index contributed by atoms with van der Waals surface area (Å²) in [6.45, 7) is 6.12. The SMILES string of the molecule is CC(C)SP(C)Cl. The Morgan fingerprint density at radius 3 is 2.00 bits per heavy atom. The molecule has 44 valence electrons. The van der Waals surface area contributed by atoms with E-state index in [-0.39, 0.29) is 6.48 Å². The first-order valence-electron chi connectivity index (χ1n) is 2.19. The van der Waals surface area contributed by atoms with Gasteiger partial charge in [0.2, 0.25) is 0 Å². The minimum absolute atomic E-state index is 0.251. The smallest absolute Gasteiger partial charge is 0.0463 e. The molecule has 0 aliphatic carbocycles. The Balaban J connectivity index is 2.95. The van der Waals surface area contributed by atoms with Gasteiger partial charge in [0.05, 0.1) is 0 Å². The second-order valence-electron chi connectivity index (χ2n) is 1.57. The molecule has 0 fully saturated rings. The van der Waals surface area contributed by atoms with Gasteiger partial charge in [-0.3, -0.25) is 0 Å². The zero-order valence-corrected chi connectivity index (χ0v) is 7.28. The van der Waals surface area contributed by atoms with E-state index in [2.05, 4.69) is 20.5 Å². The van der Waals surface area contributed by atoms with Gasteiger partial charge in [0.25, 0.3) is 0 Å². The van der Waals surface area contributed by atoms with Gasteiger partial charge in [-0.05, 0) is 6.66 Å². The van der Waals surface area contributed by atoms with Gasteiger partial charge < -0.3 is 0 Å². The van der Waals surface area contributed by atoms with Crippen molar-refractivity contribution in [1.82, 2.24) is 0 Å². The molecule has 0 spiro atoms. The quantitative estimate of drug-likeness (QED) is 0.553. The van der Waals surface area contributed by atoms with Crippen LogP contribution in [-0.4, -0.2) is 11.9 Å². The zero-order valence-electron chi connectivity index (χ0n) is 4.81. The Labute approximate surface area is 55.3 Å². The number of hydrogen-bond donors (Lipinski definition) is 0. The number of hydrogen-bond acceptors (Lipinski definition) is 1. The van der Waals surface area contributed by atoms with Crippen LogP contribution >= 0.6 is 29.1 Å². The Bertz CT molecular complexity index is 41.0. The zero-order chi connectivity index (χ0) is 5.86. The first-order valence-corrected chi connectivity index (χ1v) is 6.37. The summed E-state index contributed by atoms with van der Waals surface area (Å²) in [4.78, 5) is 0. The Morgan fingerprint density at radius 2 is 2.00 bits per heavy atom. The van der Waals surface area contributed by atoms with Crippen molar-refractivity contribution in [2.45, 2.75) is 19.1 Å². The van der Waals surface area contributed by atoms with E-state index in [4.69, 9.17) is 11.2 Å². The molecule has 0 nitrogen and oxygen atoms in total. The van der Waals surface area contributed by atoms with E-state index in [9.17, 15) is 0 Å². The summed E-state index contributed by atoms with van der Waals surface area (Å²) in [6.07, 6.45) is 0. The predicted molar refractivity (Wildman–Crippen MR) is 41.4 cm³/mol. The molecule has 7 heavy (non-hydrogen) atoms. The molecular formula is C4H10ClPS. The Morgan fingerprint density at radius 1 is 1.57 bits per heavy atom. The van der Waals surface area contributed by atoms with E-state index in [1.54, 1.807) is 0 Å². The van der Waals surface area contributed by atoms with Crippen LogP contribution in [0.2, 0.25) is 0 Å². The van der Waals surface area contributed by atoms with Crippen molar-refractivity contribution in [3.8, 4) is 0 Å². The van der Waals surface area contributed by atoms with E-state index in [0.29, 0.717) is 5.25 Å². The van der Waals surface area contributed by atoms with Crippen molar-refractivity contribution in [1.29, 1.82) is 0 Å². The molecule has 3 heteroatoms. The van der Waals surface area contributed by atoms with Crippen LogP contribution < -0.4 is 0 Å². The van der Waals surface area contributed by atoms with Gasteiger partial charge in [-0.2, -0.15) is 0 Å². The third-order valence-electron chi connectivity index (χ3n) is 0.356. The Hall–Kier alpha value is 1.07. The van der Waals surface area contributed by atoms with Crippen LogP contribution in [0.15, 0.2) is 0 Å². The molecule has 0 rings (SSSR count). The maximum absolute atomic E-state index is 5.70. The largest absolute Gasteiger partial charge is 0.115 e. The summed E-state index contributed by atoms with van der Waals surface area (Å²) in [5.41, 5.74) is 0. The second kappa shape index (κ2) is 4.00. The molecule has 0 aromatic carbocycles. The fourth-order valence-corrected chi connectivity index (χ4v) is 4.05. The van der Waals surface area contributed by atoms with Crippen molar-refractivity contribution >= 4 is 29.1 Å². The van der Waals surface area contributed by atoms with E-state index >= 15 is 0 Å². The molecule has 0 aromatic rings. The van der Waals surface area contributed by atoms with E-state index in [1.165, 1.54) is 0 Å². The van der Waals surface area contributed by atoms with Crippen LogP contribution in [0, 0.1) is 0 Å². The van der Waals surface area contributed by atoms with Crippen LogP contribution in [0.3, 0.4) is 0 Å². The molecule has 0 aromatic heterocycles. The van der Waals surface area contributed by atoms with Gasteiger partial charge in [-0.25, -0.2) is 0 Å². The summed E-state index contributed by atoms with van der Waals surface area (Å²) >= 11 is 7.54. The fraction of sp³-hybridized carbons (Fsp3) is 1.00. The van der Waals surface area contributed by atoms with Crippen LogP contribution in [0.1, 0.15) is 13.8 Å². The highest BCUT2D eigenvalue weighted by Crippen LogP contribution is 2.52. The van der Waals surface area contributed by atoms with Crippen molar-refractivity contribution in [3.05, 3.63) is 0 Å². The minimum atomic E-state index is -0.251. The molecule has 0 saturated heterocycles. The number of rotatable bonds is 2. The van der Waals surface area contributed by atoms with Crippen LogP contribution in [0.5, 0.6) is 0 Å². The lowest BCUT2D eigenvalue weighted by atomic mass is 10.6. The molecule has 0 heterocycles. The normalized spacial score (nSPS) is 15.0. The van der Waals surface area contributed by atoms with Gasteiger partial charge in [-0.1, -0.05) is 25.1 Å². The molecule has 0 bridgehead atoms. The molecule has 0 N–H and O–H groups in total. The number of halogens is 1. The van der Waals surface area contributed by atoms with E-state index in [1.807, 2.05) is 11.4 Å². The topological polar surface area (TPSA) is 0 Å². The van der Waals surface area contributed by atoms with E-state index in [0.717, 1.165) is 0 Å². The molecule has 0 amide bonds. The Kier molecular flexibility index (Phi) is 4.61. The maximum atomic E-state index is 5.70. The second-order valence-corrected chi connectivity index (χ2v) is 7.97. The average Bonchev–Trinajstić information content (AvgIpc) is 1.27. The third-order valence-corrected chi connectivity index (χ3v) is 3.92. The van der Waals surface area contributed by atoms with E-state index < -0.39 is 0 Å². The highest BCUT2D eigenvalue weighted by molar-refractivity contribution is 8.62. The first kappa shape index (κ1) is 8.07. The molecule has 1 atom stereocenters. The van der Waals surface area contributed by atoms with Gasteiger partial charge in [0.15, 0.2) is 0 Å². The standard InChI is InChI=1S/C4H10ClPS/c1-4(2)7-6(3)5/h4H,1-3H3. The summed E-state index contributed by atoms with van der Waals surface area (Å²) in [5.74, 6) is 0. The van der Waals surface area contributed by atoms with Gasteiger partial charge in [-0.15, -0.1) is 11.4 Å². The van der Waals surface area contributed by atoms with Crippen LogP contribution in [0.4, 0.5) is 0 Å². The monoisotopic (exact) mass is 156 g/mol. The molecule has 0 aliphatic heterocycles. The lowest BCUT2D eigenvalue weighted by molar-refractivity contribution is 1.12. The predicted octanol–water partition coefficient (Wildman–Crippen LogP) is 3.31. The molecule has 0 aliphatic rings. The van der Waals surface area contributed by atoms with Crippen molar-refractivity contribution in [3.63, 3.8) is 0 Å². The van der Waals surface area contributed by atoms with Crippen molar-refractivity contribution < 1.29 is 0 Å². The van der Waals surface area contributed by atoms with Crippen molar-refractivity contribution in [2.24, 2.45) is 0 Å². The molecular weight excluding hydrogens is 147 g/mol. The van der Waals surface area contributed by atoms with Gasteiger partial charge >= 0.3 is 0 Å². The summed E-state index contributed by atoms with van der Waals surface area (Å²) in [5, 5.41) is 0.689. The van der Waals surface area contributed by atoms with Crippen LogP contribution in [-0.2, 0) is 0 Å². The third kappa shape index (κ3) is 7.07. The summed E-state index contributed by atoms with van der Waals surface area (Å²) in [7, 11) is 0. The molecule has 0 saturated carbocycles. The van der Waals surface area contributed by atoms with Gasteiger partial charge in [0.1, 0.15) is 0 Å². The van der Waals surface area contributed by atoms with Gasteiger partial charge in [0, 0.05) is 11.7 Å². The lowest BCUT2D eigenvalue weighted by Gasteiger charge is -2.03. The highest BCUT2D eigenvalue weighted by atomic mass is 35.7. The molecule has 0 radical (unpaired) electrons. The first-order chi connectivity index (χ1) is 3.13. The summed E-state index contributed by atoms with van der Waals surface area (Å²) < 4.78 is 0. The fourth-order valence-electron chi connectivity index (χ4n) is 0.291. The van der Waals surface area contributed by atoms with Crippen LogP contribution in [0.25, 0.3) is 0 Å². The molecule has 1 unspecified atom stereocenters. The summed E-state index contributed by atoms with van der Waals surface area (Å²) in [6, 6.07) is 0. The maximum Gasteiger partial charge on any atom is 0.0463 e. The average molecular weight is 157 g/mol. The lowest BCUT2D eigenvalue weighted by Crippen LogP contribution is -1.79. The van der Waals surface area contributed by atoms with Crippen molar-refractivity contribution in [2.75, 3.05) is 6.66 Å².